The van der Waals surface area contributed by atoms with E-state index in [0.717, 1.165) is 23.6 Å². The zero-order valence-electron chi connectivity index (χ0n) is 12.1. The summed E-state index contributed by atoms with van der Waals surface area (Å²) in [4.78, 5) is 0. The van der Waals surface area contributed by atoms with Crippen LogP contribution < -0.4 is 0 Å². The summed E-state index contributed by atoms with van der Waals surface area (Å²) >= 11 is 0. The summed E-state index contributed by atoms with van der Waals surface area (Å²) in [6.07, 6.45) is 3.74. The molecule has 0 spiro atoms. The Balaban J connectivity index is 2.51. The summed E-state index contributed by atoms with van der Waals surface area (Å²) in [5.41, 5.74) is 2.02. The van der Waals surface area contributed by atoms with Gasteiger partial charge in [-0.25, -0.2) is 0 Å². The monoisotopic (exact) mass is 336 g/mol. The fourth-order valence-electron chi connectivity index (χ4n) is 1.82. The van der Waals surface area contributed by atoms with E-state index < -0.39 is 20.2 Å². The lowest BCUT2D eigenvalue weighted by Gasteiger charge is -2.09. The van der Waals surface area contributed by atoms with Crippen LogP contribution in [0.5, 0.6) is 0 Å². The summed E-state index contributed by atoms with van der Waals surface area (Å²) in [5, 5.41) is 0. The number of aryl methyl sites for hydroxylation is 1. The van der Waals surface area contributed by atoms with Crippen LogP contribution in [0.3, 0.4) is 0 Å². The molecule has 0 heterocycles. The van der Waals surface area contributed by atoms with Gasteiger partial charge in [-0.05, 0) is 30.4 Å². The SMILES string of the molecule is CS(=O)(=O)OCCCc1ccccc1CCOS(C)(=O)=O. The van der Waals surface area contributed by atoms with Crippen molar-refractivity contribution in [2.45, 2.75) is 19.3 Å². The first kappa shape index (κ1) is 18.1. The van der Waals surface area contributed by atoms with E-state index in [4.69, 9.17) is 4.18 Å². The maximum absolute atomic E-state index is 10.9. The summed E-state index contributed by atoms with van der Waals surface area (Å²) in [5.74, 6) is 0. The van der Waals surface area contributed by atoms with Crippen LogP contribution in [-0.4, -0.2) is 42.6 Å². The van der Waals surface area contributed by atoms with E-state index in [2.05, 4.69) is 4.18 Å². The first-order valence-electron chi connectivity index (χ1n) is 6.43. The topological polar surface area (TPSA) is 86.7 Å². The van der Waals surface area contributed by atoms with Gasteiger partial charge < -0.3 is 0 Å². The molecule has 0 aromatic heterocycles. The molecule has 1 aromatic rings. The molecule has 0 unspecified atom stereocenters. The number of benzene rings is 1. The van der Waals surface area contributed by atoms with Crippen molar-refractivity contribution in [3.05, 3.63) is 35.4 Å². The zero-order valence-corrected chi connectivity index (χ0v) is 13.7. The highest BCUT2D eigenvalue weighted by Gasteiger charge is 2.06. The van der Waals surface area contributed by atoms with Crippen molar-refractivity contribution in [2.24, 2.45) is 0 Å². The second-order valence-corrected chi connectivity index (χ2v) is 7.96. The van der Waals surface area contributed by atoms with Crippen LogP contribution >= 0.6 is 0 Å². The van der Waals surface area contributed by atoms with E-state index >= 15 is 0 Å². The first-order chi connectivity index (χ1) is 9.67. The molecular weight excluding hydrogens is 316 g/mol. The molecule has 120 valence electrons. The largest absolute Gasteiger partial charge is 0.270 e. The van der Waals surface area contributed by atoms with Gasteiger partial charge >= 0.3 is 0 Å². The lowest BCUT2D eigenvalue weighted by atomic mass is 10.0. The summed E-state index contributed by atoms with van der Waals surface area (Å²) in [7, 11) is -6.84. The molecule has 0 aliphatic carbocycles. The smallest absolute Gasteiger partial charge is 0.264 e. The molecule has 0 aliphatic rings. The Morgan fingerprint density at radius 3 is 1.81 bits per heavy atom. The van der Waals surface area contributed by atoms with Crippen molar-refractivity contribution in [3.63, 3.8) is 0 Å². The van der Waals surface area contributed by atoms with Crippen molar-refractivity contribution in [3.8, 4) is 0 Å². The minimum absolute atomic E-state index is 0.0929. The molecule has 0 fully saturated rings. The van der Waals surface area contributed by atoms with E-state index in [9.17, 15) is 16.8 Å². The summed E-state index contributed by atoms with van der Waals surface area (Å²) in [6.45, 7) is 0.225. The van der Waals surface area contributed by atoms with E-state index in [1.54, 1.807) is 0 Å². The number of hydrogen-bond donors (Lipinski definition) is 0. The summed E-state index contributed by atoms with van der Waals surface area (Å²) < 4.78 is 52.9. The molecule has 21 heavy (non-hydrogen) atoms. The van der Waals surface area contributed by atoms with Crippen LogP contribution in [0.4, 0.5) is 0 Å². The Morgan fingerprint density at radius 1 is 0.810 bits per heavy atom. The van der Waals surface area contributed by atoms with Crippen molar-refractivity contribution < 1.29 is 25.2 Å². The van der Waals surface area contributed by atoms with E-state index in [1.807, 2.05) is 24.3 Å². The second-order valence-electron chi connectivity index (χ2n) is 4.67. The predicted molar refractivity (Wildman–Crippen MR) is 80.1 cm³/mol. The van der Waals surface area contributed by atoms with Gasteiger partial charge in [0.15, 0.2) is 0 Å². The quantitative estimate of drug-likeness (QED) is 0.496. The highest BCUT2D eigenvalue weighted by Crippen LogP contribution is 2.12. The molecule has 0 N–H and O–H groups in total. The van der Waals surface area contributed by atoms with Crippen molar-refractivity contribution in [2.75, 3.05) is 25.7 Å². The highest BCUT2D eigenvalue weighted by molar-refractivity contribution is 7.86. The van der Waals surface area contributed by atoms with Gasteiger partial charge in [0.05, 0.1) is 25.7 Å². The fraction of sp³-hybridized carbons (Fsp3) is 0.538. The van der Waals surface area contributed by atoms with Gasteiger partial charge in [0.2, 0.25) is 0 Å². The van der Waals surface area contributed by atoms with Crippen molar-refractivity contribution >= 4 is 20.2 Å². The minimum Gasteiger partial charge on any atom is -0.270 e. The van der Waals surface area contributed by atoms with Gasteiger partial charge in [-0.3, -0.25) is 8.37 Å². The van der Waals surface area contributed by atoms with Crippen molar-refractivity contribution in [1.82, 2.24) is 0 Å². The molecule has 1 rings (SSSR count). The van der Waals surface area contributed by atoms with Crippen LogP contribution in [-0.2, 0) is 41.4 Å². The fourth-order valence-corrected chi connectivity index (χ4v) is 2.63. The molecule has 6 nitrogen and oxygen atoms in total. The van der Waals surface area contributed by atoms with Crippen LogP contribution in [0.1, 0.15) is 17.5 Å². The molecule has 0 radical (unpaired) electrons. The first-order valence-corrected chi connectivity index (χ1v) is 10.1. The maximum atomic E-state index is 10.9. The van der Waals surface area contributed by atoms with E-state index in [1.165, 1.54) is 0 Å². The molecule has 0 bridgehead atoms. The zero-order chi connectivity index (χ0) is 15.9. The Bertz CT molecular complexity index is 649. The maximum Gasteiger partial charge on any atom is 0.264 e. The van der Waals surface area contributed by atoms with Crippen LogP contribution in [0.25, 0.3) is 0 Å². The summed E-state index contributed by atoms with van der Waals surface area (Å²) in [6, 6.07) is 7.58. The van der Waals surface area contributed by atoms with Crippen LogP contribution in [0.2, 0.25) is 0 Å². The standard InChI is InChI=1S/C13H20O6S2/c1-20(14,15)18-10-5-8-12-6-3-4-7-13(12)9-11-19-21(2,16)17/h3-4,6-7H,5,8-11H2,1-2H3. The van der Waals surface area contributed by atoms with Crippen molar-refractivity contribution in [1.29, 1.82) is 0 Å². The van der Waals surface area contributed by atoms with Gasteiger partial charge in [-0.2, -0.15) is 16.8 Å². The van der Waals surface area contributed by atoms with Gasteiger partial charge in [-0.1, -0.05) is 24.3 Å². The third kappa shape index (κ3) is 8.82. The molecule has 8 heteroatoms. The Kier molecular flexibility index (Phi) is 6.79. The Hall–Kier alpha value is -0.960. The molecule has 0 aliphatic heterocycles. The molecule has 0 saturated heterocycles. The minimum atomic E-state index is -3.43. The van der Waals surface area contributed by atoms with E-state index in [0.29, 0.717) is 19.3 Å². The number of rotatable bonds is 9. The second kappa shape index (κ2) is 7.88. The Morgan fingerprint density at radius 2 is 1.29 bits per heavy atom. The lowest BCUT2D eigenvalue weighted by molar-refractivity contribution is 0.315. The average Bonchev–Trinajstić information content (AvgIpc) is 2.33. The third-order valence-electron chi connectivity index (χ3n) is 2.68. The molecular formula is C13H20O6S2. The average molecular weight is 336 g/mol. The van der Waals surface area contributed by atoms with Gasteiger partial charge in [0, 0.05) is 0 Å². The third-order valence-corrected chi connectivity index (χ3v) is 3.86. The number of hydrogen-bond acceptors (Lipinski definition) is 6. The van der Waals surface area contributed by atoms with Crippen LogP contribution in [0.15, 0.2) is 24.3 Å². The molecule has 1 aromatic carbocycles. The predicted octanol–water partition coefficient (Wildman–Crippen LogP) is 1.11. The van der Waals surface area contributed by atoms with Gasteiger partial charge in [-0.15, -0.1) is 0 Å². The normalized spacial score (nSPS) is 12.5. The molecule has 0 amide bonds. The molecule has 0 atom stereocenters. The van der Waals surface area contributed by atoms with E-state index in [-0.39, 0.29) is 13.2 Å². The van der Waals surface area contributed by atoms with Crippen LogP contribution in [0, 0.1) is 0 Å². The van der Waals surface area contributed by atoms with Gasteiger partial charge in [0.25, 0.3) is 20.2 Å². The lowest BCUT2D eigenvalue weighted by Crippen LogP contribution is -2.08. The van der Waals surface area contributed by atoms with Gasteiger partial charge in [0.1, 0.15) is 0 Å². The molecule has 0 saturated carbocycles. The highest BCUT2D eigenvalue weighted by atomic mass is 32.2. The Labute approximate surface area is 126 Å².